The Balaban J connectivity index is 2.46. The molecule has 0 aromatic heterocycles. The van der Waals surface area contributed by atoms with E-state index in [9.17, 15) is 14.0 Å². The molecule has 1 N–H and O–H groups in total. The number of halogens is 1. The predicted octanol–water partition coefficient (Wildman–Crippen LogP) is 1.94. The Bertz CT molecular complexity index is 451. The van der Waals surface area contributed by atoms with E-state index in [0.29, 0.717) is 12.5 Å². The maximum Gasteiger partial charge on any atom is 0.331 e. The molecule has 0 fully saturated rings. The second-order valence-corrected chi connectivity index (χ2v) is 3.75. The van der Waals surface area contributed by atoms with Gasteiger partial charge in [0.05, 0.1) is 0 Å². The Morgan fingerprint density at radius 2 is 1.94 bits per heavy atom. The van der Waals surface area contributed by atoms with Gasteiger partial charge in [0.2, 0.25) is 0 Å². The molecular formula is C13H13FO4. The molecule has 0 saturated heterocycles. The van der Waals surface area contributed by atoms with Gasteiger partial charge in [0.1, 0.15) is 11.9 Å². The van der Waals surface area contributed by atoms with E-state index < -0.39 is 18.0 Å². The Hall–Kier alpha value is -2.17. The molecule has 0 spiro atoms. The van der Waals surface area contributed by atoms with Crippen molar-refractivity contribution < 1.29 is 23.8 Å². The number of hydrogen-bond donors (Lipinski definition) is 1. The van der Waals surface area contributed by atoms with Gasteiger partial charge in [0, 0.05) is 18.6 Å². The Labute approximate surface area is 104 Å². The maximum absolute atomic E-state index is 12.7. The molecule has 5 heteroatoms. The molecule has 96 valence electrons. The third-order valence-corrected chi connectivity index (χ3v) is 2.12. The molecule has 1 aromatic carbocycles. The quantitative estimate of drug-likeness (QED) is 0.642. The SMILES string of the molecule is C[C@@H](Cc1ccc(F)cc1)OC(=O)/C=C\C(=O)O. The number of carboxylic acids is 1. The van der Waals surface area contributed by atoms with Gasteiger partial charge in [-0.3, -0.25) is 0 Å². The van der Waals surface area contributed by atoms with Gasteiger partial charge in [-0.2, -0.15) is 0 Å². The fourth-order valence-electron chi connectivity index (χ4n) is 1.37. The highest BCUT2D eigenvalue weighted by atomic mass is 19.1. The summed E-state index contributed by atoms with van der Waals surface area (Å²) in [7, 11) is 0. The molecule has 0 radical (unpaired) electrons. The third-order valence-electron chi connectivity index (χ3n) is 2.12. The number of carbonyl (C=O) groups is 2. The number of ether oxygens (including phenoxy) is 1. The van der Waals surface area contributed by atoms with E-state index in [-0.39, 0.29) is 5.82 Å². The molecule has 0 heterocycles. The highest BCUT2D eigenvalue weighted by Gasteiger charge is 2.08. The van der Waals surface area contributed by atoms with E-state index in [1.807, 2.05) is 0 Å². The molecule has 1 aromatic rings. The molecule has 0 bridgehead atoms. The van der Waals surface area contributed by atoms with E-state index >= 15 is 0 Å². The number of carboxylic acid groups (broad SMARTS) is 1. The van der Waals surface area contributed by atoms with E-state index in [1.54, 1.807) is 19.1 Å². The monoisotopic (exact) mass is 252 g/mol. The Kier molecular flexibility index (Phi) is 5.05. The van der Waals surface area contributed by atoms with Gasteiger partial charge in [0.15, 0.2) is 0 Å². The average molecular weight is 252 g/mol. The minimum atomic E-state index is -1.21. The van der Waals surface area contributed by atoms with Crippen LogP contribution >= 0.6 is 0 Å². The number of hydrogen-bond acceptors (Lipinski definition) is 3. The summed E-state index contributed by atoms with van der Waals surface area (Å²) >= 11 is 0. The smallest absolute Gasteiger partial charge is 0.331 e. The van der Waals surface area contributed by atoms with E-state index in [0.717, 1.165) is 11.6 Å². The van der Waals surface area contributed by atoms with Crippen molar-refractivity contribution >= 4 is 11.9 Å². The average Bonchev–Trinajstić information content (AvgIpc) is 2.29. The largest absolute Gasteiger partial charge is 0.478 e. The van der Waals surface area contributed by atoms with Gasteiger partial charge in [-0.15, -0.1) is 0 Å². The summed E-state index contributed by atoms with van der Waals surface area (Å²) in [4.78, 5) is 21.4. The van der Waals surface area contributed by atoms with Crippen LogP contribution in [0.2, 0.25) is 0 Å². The highest BCUT2D eigenvalue weighted by Crippen LogP contribution is 2.08. The summed E-state index contributed by atoms with van der Waals surface area (Å²) in [5.74, 6) is -2.25. The van der Waals surface area contributed by atoms with Crippen molar-refractivity contribution in [3.63, 3.8) is 0 Å². The zero-order chi connectivity index (χ0) is 13.5. The van der Waals surface area contributed by atoms with Crippen molar-refractivity contribution in [3.05, 3.63) is 47.8 Å². The molecule has 18 heavy (non-hydrogen) atoms. The van der Waals surface area contributed by atoms with Crippen LogP contribution in [-0.2, 0) is 20.7 Å². The number of carbonyl (C=O) groups excluding carboxylic acids is 1. The predicted molar refractivity (Wildman–Crippen MR) is 62.4 cm³/mol. The summed E-state index contributed by atoms with van der Waals surface area (Å²) in [5, 5.41) is 8.33. The normalized spacial score (nSPS) is 12.3. The van der Waals surface area contributed by atoms with E-state index in [1.165, 1.54) is 12.1 Å². The third kappa shape index (κ3) is 5.25. The van der Waals surface area contributed by atoms with Crippen LogP contribution in [0, 0.1) is 5.82 Å². The first-order chi connectivity index (χ1) is 8.47. The minimum Gasteiger partial charge on any atom is -0.478 e. The number of esters is 1. The van der Waals surface area contributed by atoms with Gasteiger partial charge >= 0.3 is 11.9 Å². The second kappa shape index (κ2) is 6.54. The topological polar surface area (TPSA) is 63.6 Å². The van der Waals surface area contributed by atoms with Gasteiger partial charge < -0.3 is 9.84 Å². The van der Waals surface area contributed by atoms with Gasteiger partial charge in [0.25, 0.3) is 0 Å². The zero-order valence-corrected chi connectivity index (χ0v) is 9.80. The molecule has 4 nitrogen and oxygen atoms in total. The first kappa shape index (κ1) is 13.9. The fraction of sp³-hybridized carbons (Fsp3) is 0.231. The van der Waals surface area contributed by atoms with Gasteiger partial charge in [-0.05, 0) is 24.6 Å². The van der Waals surface area contributed by atoms with Crippen LogP contribution in [0.5, 0.6) is 0 Å². The van der Waals surface area contributed by atoms with Crippen LogP contribution in [0.25, 0.3) is 0 Å². The van der Waals surface area contributed by atoms with Crippen LogP contribution in [0.4, 0.5) is 4.39 Å². The molecule has 0 aliphatic carbocycles. The van der Waals surface area contributed by atoms with Crippen LogP contribution in [-0.4, -0.2) is 23.1 Å². The van der Waals surface area contributed by atoms with Crippen molar-refractivity contribution in [3.8, 4) is 0 Å². The lowest BCUT2D eigenvalue weighted by Gasteiger charge is -2.11. The van der Waals surface area contributed by atoms with E-state index in [2.05, 4.69) is 0 Å². The lowest BCUT2D eigenvalue weighted by Crippen LogP contribution is -2.16. The lowest BCUT2D eigenvalue weighted by atomic mass is 10.1. The fourth-order valence-corrected chi connectivity index (χ4v) is 1.37. The molecule has 0 aliphatic heterocycles. The Morgan fingerprint density at radius 1 is 1.33 bits per heavy atom. The standard InChI is InChI=1S/C13H13FO4/c1-9(18-13(17)7-6-12(15)16)8-10-2-4-11(14)5-3-10/h2-7,9H,8H2,1H3,(H,15,16)/b7-6-/t9-/m0/s1. The zero-order valence-electron chi connectivity index (χ0n) is 9.80. The molecule has 1 atom stereocenters. The summed E-state index contributed by atoms with van der Waals surface area (Å²) in [6, 6.07) is 5.86. The van der Waals surface area contributed by atoms with Gasteiger partial charge in [-0.25, -0.2) is 14.0 Å². The van der Waals surface area contributed by atoms with Gasteiger partial charge in [-0.1, -0.05) is 12.1 Å². The summed E-state index contributed by atoms with van der Waals surface area (Å²) in [6.45, 7) is 1.68. The van der Waals surface area contributed by atoms with E-state index in [4.69, 9.17) is 9.84 Å². The van der Waals surface area contributed by atoms with Crippen LogP contribution in [0.3, 0.4) is 0 Å². The highest BCUT2D eigenvalue weighted by molar-refractivity contribution is 5.90. The van der Waals surface area contributed by atoms with Crippen molar-refractivity contribution in [2.24, 2.45) is 0 Å². The second-order valence-electron chi connectivity index (χ2n) is 3.75. The summed E-state index contributed by atoms with van der Waals surface area (Å²) in [5.41, 5.74) is 0.832. The number of benzene rings is 1. The number of aliphatic carboxylic acids is 1. The van der Waals surface area contributed by atoms with Crippen LogP contribution in [0.15, 0.2) is 36.4 Å². The van der Waals surface area contributed by atoms with Crippen molar-refractivity contribution in [2.45, 2.75) is 19.4 Å². The maximum atomic E-state index is 12.7. The molecule has 1 rings (SSSR count). The van der Waals surface area contributed by atoms with Crippen LogP contribution < -0.4 is 0 Å². The Morgan fingerprint density at radius 3 is 2.50 bits per heavy atom. The van der Waals surface area contributed by atoms with Crippen molar-refractivity contribution in [2.75, 3.05) is 0 Å². The molecule has 0 unspecified atom stereocenters. The lowest BCUT2D eigenvalue weighted by molar-refractivity contribution is -0.142. The van der Waals surface area contributed by atoms with Crippen LogP contribution in [0.1, 0.15) is 12.5 Å². The first-order valence-corrected chi connectivity index (χ1v) is 5.33. The summed E-state index contributed by atoms with van der Waals surface area (Å²) < 4.78 is 17.6. The molecule has 0 aliphatic rings. The number of rotatable bonds is 5. The summed E-state index contributed by atoms with van der Waals surface area (Å²) in [6.07, 6.45) is 1.59. The van der Waals surface area contributed by atoms with Crippen molar-refractivity contribution in [1.29, 1.82) is 0 Å². The first-order valence-electron chi connectivity index (χ1n) is 5.33. The molecule has 0 amide bonds. The minimum absolute atomic E-state index is 0.326. The van der Waals surface area contributed by atoms with Crippen molar-refractivity contribution in [1.82, 2.24) is 0 Å². The molecule has 0 saturated carbocycles. The molecular weight excluding hydrogens is 239 g/mol.